The van der Waals surface area contributed by atoms with Crippen molar-refractivity contribution in [3.8, 4) is 17.2 Å². The summed E-state index contributed by atoms with van der Waals surface area (Å²) in [5.41, 5.74) is 1.79. The van der Waals surface area contributed by atoms with E-state index in [9.17, 15) is 13.2 Å². The average molecular weight is 494 g/mol. The summed E-state index contributed by atoms with van der Waals surface area (Å²) in [6.07, 6.45) is 1.54. The van der Waals surface area contributed by atoms with Crippen LogP contribution in [-0.4, -0.2) is 43.3 Å². The first-order valence-corrected chi connectivity index (χ1v) is 12.8. The van der Waals surface area contributed by atoms with Crippen molar-refractivity contribution in [1.29, 1.82) is 0 Å². The summed E-state index contributed by atoms with van der Waals surface area (Å²) >= 11 is 0. The molecule has 4 rings (SSSR count). The first kappa shape index (κ1) is 24.4. The summed E-state index contributed by atoms with van der Waals surface area (Å²) < 4.78 is 38.7. The van der Waals surface area contributed by atoms with E-state index in [1.165, 1.54) is 16.4 Å². The molecule has 2 aromatic heterocycles. The van der Waals surface area contributed by atoms with E-state index in [2.05, 4.69) is 10.3 Å². The lowest BCUT2D eigenvalue weighted by Crippen LogP contribution is -2.30. The summed E-state index contributed by atoms with van der Waals surface area (Å²) in [4.78, 5) is 18.2. The average Bonchev–Trinajstić information content (AvgIpc) is 3.40. The van der Waals surface area contributed by atoms with Gasteiger partial charge in [0.25, 0.3) is 5.91 Å². The number of nitrogens with one attached hydrogen (secondary N) is 1. The van der Waals surface area contributed by atoms with Crippen molar-refractivity contribution in [3.63, 3.8) is 0 Å². The van der Waals surface area contributed by atoms with Gasteiger partial charge in [0.05, 0.1) is 34.5 Å². The van der Waals surface area contributed by atoms with Crippen LogP contribution in [-0.2, 0) is 10.0 Å². The summed E-state index contributed by atoms with van der Waals surface area (Å²) in [5.74, 6) is 0.492. The molecule has 0 spiro atoms. The Balaban J connectivity index is 1.78. The van der Waals surface area contributed by atoms with E-state index in [0.29, 0.717) is 53.4 Å². The molecule has 0 aliphatic rings. The third kappa shape index (κ3) is 4.91. The third-order valence-electron chi connectivity index (χ3n) is 5.58. The number of aromatic nitrogens is 1. The maximum Gasteiger partial charge on any atom is 0.256 e. The monoisotopic (exact) mass is 493 g/mol. The highest BCUT2D eigenvalue weighted by atomic mass is 32.2. The number of furan rings is 1. The molecular formula is C26H27N3O5S. The van der Waals surface area contributed by atoms with Gasteiger partial charge in [-0.1, -0.05) is 32.0 Å². The van der Waals surface area contributed by atoms with Crippen molar-refractivity contribution in [1.82, 2.24) is 9.29 Å². The van der Waals surface area contributed by atoms with E-state index >= 15 is 0 Å². The molecule has 0 unspecified atom stereocenters. The number of hydrogen-bond donors (Lipinski definition) is 1. The first-order valence-electron chi connectivity index (χ1n) is 11.4. The van der Waals surface area contributed by atoms with Gasteiger partial charge >= 0.3 is 0 Å². The van der Waals surface area contributed by atoms with Crippen molar-refractivity contribution < 1.29 is 22.4 Å². The van der Waals surface area contributed by atoms with Crippen molar-refractivity contribution >= 4 is 32.5 Å². The van der Waals surface area contributed by atoms with E-state index in [4.69, 9.17) is 9.15 Å². The van der Waals surface area contributed by atoms with E-state index in [1.807, 2.05) is 31.2 Å². The number of sulfonamides is 1. The van der Waals surface area contributed by atoms with Gasteiger partial charge in [0.15, 0.2) is 5.76 Å². The Kier molecular flexibility index (Phi) is 7.18. The molecule has 1 amide bonds. The molecule has 9 heteroatoms. The van der Waals surface area contributed by atoms with Gasteiger partial charge in [0, 0.05) is 18.5 Å². The minimum Gasteiger partial charge on any atom is -0.492 e. The third-order valence-corrected chi connectivity index (χ3v) is 7.62. The summed E-state index contributed by atoms with van der Waals surface area (Å²) in [7, 11) is -3.72. The van der Waals surface area contributed by atoms with Gasteiger partial charge in [-0.05, 0) is 49.4 Å². The molecule has 2 heterocycles. The number of rotatable bonds is 9. The fraction of sp³-hybridized carbons (Fsp3) is 0.231. The standard InChI is InChI=1S/C26H27N3O5S/c1-4-29(5-2)35(31,32)18-13-14-25(33-6-3)22(16-18)28-26(30)20-17-23(24-12-9-15-34-24)27-21-11-8-7-10-19(20)21/h7-17H,4-6H2,1-3H3,(H,28,30). The number of hydrogen-bond acceptors (Lipinski definition) is 6. The van der Waals surface area contributed by atoms with Crippen molar-refractivity contribution in [2.45, 2.75) is 25.7 Å². The lowest BCUT2D eigenvalue weighted by Gasteiger charge is -2.20. The lowest BCUT2D eigenvalue weighted by atomic mass is 10.1. The lowest BCUT2D eigenvalue weighted by molar-refractivity contribution is 0.102. The van der Waals surface area contributed by atoms with Crippen molar-refractivity contribution in [2.75, 3.05) is 25.0 Å². The summed E-state index contributed by atoms with van der Waals surface area (Å²) in [6.45, 7) is 6.41. The van der Waals surface area contributed by atoms with Gasteiger partial charge in [0.1, 0.15) is 11.4 Å². The number of ether oxygens (including phenoxy) is 1. The molecule has 8 nitrogen and oxygen atoms in total. The number of carbonyl (C=O) groups is 1. The Morgan fingerprint density at radius 2 is 1.80 bits per heavy atom. The minimum atomic E-state index is -3.72. The van der Waals surface area contributed by atoms with Crippen LogP contribution in [0.3, 0.4) is 0 Å². The van der Waals surface area contributed by atoms with Crippen LogP contribution < -0.4 is 10.1 Å². The highest BCUT2D eigenvalue weighted by Gasteiger charge is 2.24. The van der Waals surface area contributed by atoms with Crippen molar-refractivity contribution in [3.05, 3.63) is 72.5 Å². The van der Waals surface area contributed by atoms with E-state index in [1.54, 1.807) is 44.4 Å². The molecule has 4 aromatic rings. The molecular weight excluding hydrogens is 466 g/mol. The van der Waals surface area contributed by atoms with Gasteiger partial charge in [-0.25, -0.2) is 13.4 Å². The second-order valence-corrected chi connectivity index (χ2v) is 9.62. The zero-order valence-electron chi connectivity index (χ0n) is 19.8. The molecule has 0 radical (unpaired) electrons. The predicted octanol–water partition coefficient (Wildman–Crippen LogP) is 5.18. The van der Waals surface area contributed by atoms with E-state index < -0.39 is 15.9 Å². The Labute approximate surface area is 204 Å². The SMILES string of the molecule is CCOc1ccc(S(=O)(=O)N(CC)CC)cc1NC(=O)c1cc(-c2ccco2)nc2ccccc12. The summed E-state index contributed by atoms with van der Waals surface area (Å²) in [6, 6.07) is 17.0. The maximum absolute atomic E-state index is 13.5. The Hall–Kier alpha value is -3.69. The molecule has 0 fully saturated rings. The summed E-state index contributed by atoms with van der Waals surface area (Å²) in [5, 5.41) is 3.52. The highest BCUT2D eigenvalue weighted by molar-refractivity contribution is 7.89. The second-order valence-electron chi connectivity index (χ2n) is 7.68. The molecule has 0 bridgehead atoms. The molecule has 0 aliphatic heterocycles. The smallest absolute Gasteiger partial charge is 0.256 e. The first-order chi connectivity index (χ1) is 16.9. The molecule has 0 aliphatic carbocycles. The predicted molar refractivity (Wildman–Crippen MR) is 135 cm³/mol. The van der Waals surface area contributed by atoms with E-state index in [0.717, 1.165) is 0 Å². The van der Waals surface area contributed by atoms with Gasteiger partial charge in [-0.3, -0.25) is 4.79 Å². The van der Waals surface area contributed by atoms with Gasteiger partial charge in [-0.2, -0.15) is 4.31 Å². The number of pyridine rings is 1. The largest absolute Gasteiger partial charge is 0.492 e. The quantitative estimate of drug-likeness (QED) is 0.345. The Bertz CT molecular complexity index is 1450. The van der Waals surface area contributed by atoms with E-state index in [-0.39, 0.29) is 10.6 Å². The van der Waals surface area contributed by atoms with Crippen LogP contribution in [0.25, 0.3) is 22.4 Å². The number of benzene rings is 2. The number of carbonyl (C=O) groups excluding carboxylic acids is 1. The molecule has 0 saturated heterocycles. The molecule has 0 saturated carbocycles. The van der Waals surface area contributed by atoms with Crippen molar-refractivity contribution in [2.24, 2.45) is 0 Å². The van der Waals surface area contributed by atoms with Crippen LogP contribution in [0.5, 0.6) is 5.75 Å². The van der Waals surface area contributed by atoms with Gasteiger partial charge in [0.2, 0.25) is 10.0 Å². The zero-order chi connectivity index (χ0) is 25.0. The Morgan fingerprint density at radius 1 is 1.03 bits per heavy atom. The number of amides is 1. The highest BCUT2D eigenvalue weighted by Crippen LogP contribution is 2.31. The zero-order valence-corrected chi connectivity index (χ0v) is 20.6. The molecule has 35 heavy (non-hydrogen) atoms. The van der Waals surface area contributed by atoms with Crippen LogP contribution in [0.4, 0.5) is 5.69 Å². The minimum absolute atomic E-state index is 0.0795. The molecule has 1 N–H and O–H groups in total. The Morgan fingerprint density at radius 3 is 2.49 bits per heavy atom. The van der Waals surface area contributed by atoms with Gasteiger partial charge < -0.3 is 14.5 Å². The van der Waals surface area contributed by atoms with Crippen LogP contribution >= 0.6 is 0 Å². The number of fused-ring (bicyclic) bond motifs is 1. The van der Waals surface area contributed by atoms with Crippen LogP contribution in [0, 0.1) is 0 Å². The van der Waals surface area contributed by atoms with Crippen LogP contribution in [0.15, 0.2) is 76.2 Å². The van der Waals surface area contributed by atoms with Crippen LogP contribution in [0.1, 0.15) is 31.1 Å². The molecule has 0 atom stereocenters. The second kappa shape index (κ2) is 10.3. The van der Waals surface area contributed by atoms with Gasteiger partial charge in [-0.15, -0.1) is 0 Å². The number of anilines is 1. The number of nitrogens with zero attached hydrogens (tertiary/aromatic N) is 2. The normalized spacial score (nSPS) is 11.7. The fourth-order valence-corrected chi connectivity index (χ4v) is 5.35. The fourth-order valence-electron chi connectivity index (χ4n) is 3.86. The topological polar surface area (TPSA) is 102 Å². The molecule has 182 valence electrons. The molecule has 2 aromatic carbocycles. The maximum atomic E-state index is 13.5. The van der Waals surface area contributed by atoms with Crippen LogP contribution in [0.2, 0.25) is 0 Å². The number of para-hydroxylation sites is 1.